The first-order valence-corrected chi connectivity index (χ1v) is 9.08. The van der Waals surface area contributed by atoms with Gasteiger partial charge >= 0.3 is 6.03 Å². The second-order valence-corrected chi connectivity index (χ2v) is 6.87. The van der Waals surface area contributed by atoms with Gasteiger partial charge in [-0.15, -0.1) is 0 Å². The number of amides is 2. The van der Waals surface area contributed by atoms with Gasteiger partial charge in [0.2, 0.25) is 0 Å². The summed E-state index contributed by atoms with van der Waals surface area (Å²) in [5.74, 6) is 0.889. The third-order valence-electron chi connectivity index (χ3n) is 4.70. The molecule has 2 amide bonds. The highest BCUT2D eigenvalue weighted by molar-refractivity contribution is 7.07. The van der Waals surface area contributed by atoms with Crippen molar-refractivity contribution in [2.45, 2.75) is 31.3 Å². The Labute approximate surface area is 140 Å². The molecule has 3 heterocycles. The van der Waals surface area contributed by atoms with Crippen molar-refractivity contribution in [1.82, 2.24) is 10.2 Å². The summed E-state index contributed by atoms with van der Waals surface area (Å²) in [6.07, 6.45) is 2.94. The first-order chi connectivity index (χ1) is 11.3. The highest BCUT2D eigenvalue weighted by Gasteiger charge is 2.32. The van der Waals surface area contributed by atoms with E-state index in [4.69, 9.17) is 4.74 Å². The predicted octanol–water partition coefficient (Wildman–Crippen LogP) is 4.12. The average molecular weight is 328 g/mol. The molecular formula is C18H20N2O2S. The van der Waals surface area contributed by atoms with Gasteiger partial charge in [0.25, 0.3) is 0 Å². The van der Waals surface area contributed by atoms with Crippen molar-refractivity contribution in [2.24, 2.45) is 0 Å². The smallest absolute Gasteiger partial charge is 0.318 e. The van der Waals surface area contributed by atoms with Crippen LogP contribution in [0.1, 0.15) is 42.5 Å². The molecule has 2 aliphatic rings. The maximum Gasteiger partial charge on any atom is 0.318 e. The molecule has 120 valence electrons. The zero-order chi connectivity index (χ0) is 15.6. The van der Waals surface area contributed by atoms with Crippen LogP contribution in [0.3, 0.4) is 0 Å². The molecule has 1 aromatic carbocycles. The third kappa shape index (κ3) is 2.81. The van der Waals surface area contributed by atoms with E-state index in [9.17, 15) is 4.79 Å². The van der Waals surface area contributed by atoms with Gasteiger partial charge in [0.1, 0.15) is 5.75 Å². The predicted molar refractivity (Wildman–Crippen MR) is 90.8 cm³/mol. The Hall–Kier alpha value is -2.01. The summed E-state index contributed by atoms with van der Waals surface area (Å²) in [5.41, 5.74) is 2.34. The van der Waals surface area contributed by atoms with Gasteiger partial charge in [-0.05, 0) is 41.3 Å². The van der Waals surface area contributed by atoms with Crippen molar-refractivity contribution in [3.05, 3.63) is 52.2 Å². The summed E-state index contributed by atoms with van der Waals surface area (Å²) < 4.78 is 5.68. The number of carbonyl (C=O) groups excluding carboxylic acids is 1. The first-order valence-electron chi connectivity index (χ1n) is 8.14. The van der Waals surface area contributed by atoms with E-state index >= 15 is 0 Å². The number of rotatable bonds is 2. The minimum atomic E-state index is 0.0381. The molecule has 0 bridgehead atoms. The van der Waals surface area contributed by atoms with Crippen LogP contribution < -0.4 is 10.1 Å². The lowest BCUT2D eigenvalue weighted by atomic mass is 10.0. The van der Waals surface area contributed by atoms with Gasteiger partial charge in [-0.2, -0.15) is 11.3 Å². The molecule has 5 heteroatoms. The number of hydrogen-bond donors (Lipinski definition) is 1. The summed E-state index contributed by atoms with van der Waals surface area (Å²) in [7, 11) is 0. The Kier molecular flexibility index (Phi) is 3.95. The summed E-state index contributed by atoms with van der Waals surface area (Å²) in [4.78, 5) is 14.8. The molecule has 0 saturated carbocycles. The zero-order valence-corrected chi connectivity index (χ0v) is 13.7. The Morgan fingerprint density at radius 1 is 1.26 bits per heavy atom. The second-order valence-electron chi connectivity index (χ2n) is 6.09. The minimum Gasteiger partial charge on any atom is -0.493 e. The molecule has 1 aromatic heterocycles. The SMILES string of the molecule is O=C(N[C@@H]1CCOc2ccccc21)N1CCC[C@@H]1c1ccsc1. The van der Waals surface area contributed by atoms with Crippen LogP contribution in [0.15, 0.2) is 41.1 Å². The number of benzene rings is 1. The number of nitrogens with one attached hydrogen (secondary N) is 1. The number of hydrogen-bond acceptors (Lipinski definition) is 3. The van der Waals surface area contributed by atoms with Crippen LogP contribution in [0.25, 0.3) is 0 Å². The van der Waals surface area contributed by atoms with Crippen LogP contribution in [0.2, 0.25) is 0 Å². The van der Waals surface area contributed by atoms with Crippen LogP contribution in [0.5, 0.6) is 5.75 Å². The summed E-state index contributed by atoms with van der Waals surface area (Å²) >= 11 is 1.69. The molecule has 2 aromatic rings. The molecule has 1 saturated heterocycles. The van der Waals surface area contributed by atoms with E-state index in [1.54, 1.807) is 11.3 Å². The quantitative estimate of drug-likeness (QED) is 0.901. The molecule has 2 aliphatic heterocycles. The number of urea groups is 1. The monoisotopic (exact) mass is 328 g/mol. The molecule has 1 N–H and O–H groups in total. The van der Waals surface area contributed by atoms with E-state index in [0.29, 0.717) is 6.61 Å². The normalized spacial score (nSPS) is 23.2. The molecule has 1 fully saturated rings. The molecule has 4 nitrogen and oxygen atoms in total. The Bertz CT molecular complexity index is 686. The van der Waals surface area contributed by atoms with E-state index in [1.807, 2.05) is 29.2 Å². The number of ether oxygens (including phenoxy) is 1. The Morgan fingerprint density at radius 3 is 3.04 bits per heavy atom. The van der Waals surface area contributed by atoms with Crippen LogP contribution in [-0.2, 0) is 0 Å². The fourth-order valence-corrected chi connectivity index (χ4v) is 4.25. The summed E-state index contributed by atoms with van der Waals surface area (Å²) in [6.45, 7) is 1.48. The third-order valence-corrected chi connectivity index (χ3v) is 5.40. The number of likely N-dealkylation sites (tertiary alicyclic amines) is 1. The zero-order valence-electron chi connectivity index (χ0n) is 12.9. The van der Waals surface area contributed by atoms with Gasteiger partial charge in [-0.3, -0.25) is 0 Å². The van der Waals surface area contributed by atoms with Crippen LogP contribution in [-0.4, -0.2) is 24.1 Å². The van der Waals surface area contributed by atoms with Gasteiger partial charge in [0, 0.05) is 18.5 Å². The van der Waals surface area contributed by atoms with Crippen molar-refractivity contribution in [3.8, 4) is 5.75 Å². The standard InChI is InChI=1S/C18H20N2O2S/c21-18(20-9-3-5-16(20)13-8-11-23-12-13)19-15-7-10-22-17-6-2-1-4-14(15)17/h1-2,4,6,8,11-12,15-16H,3,5,7,9-10H2,(H,19,21)/t15-,16-/m1/s1. The van der Waals surface area contributed by atoms with Crippen molar-refractivity contribution < 1.29 is 9.53 Å². The van der Waals surface area contributed by atoms with Gasteiger partial charge in [0.05, 0.1) is 18.7 Å². The number of nitrogens with zero attached hydrogens (tertiary/aromatic N) is 1. The van der Waals surface area contributed by atoms with E-state index in [0.717, 1.165) is 37.1 Å². The first kappa shape index (κ1) is 14.6. The fourth-order valence-electron chi connectivity index (χ4n) is 3.54. The average Bonchev–Trinajstić information content (AvgIpc) is 3.26. The Balaban J connectivity index is 1.50. The molecular weight excluding hydrogens is 308 g/mol. The highest BCUT2D eigenvalue weighted by atomic mass is 32.1. The molecule has 23 heavy (non-hydrogen) atoms. The van der Waals surface area contributed by atoms with Gasteiger partial charge in [0.15, 0.2) is 0 Å². The molecule has 0 spiro atoms. The van der Waals surface area contributed by atoms with Crippen molar-refractivity contribution in [2.75, 3.05) is 13.2 Å². The maximum atomic E-state index is 12.8. The number of carbonyl (C=O) groups is 1. The lowest BCUT2D eigenvalue weighted by Crippen LogP contribution is -2.42. The van der Waals surface area contributed by atoms with Crippen LogP contribution in [0, 0.1) is 0 Å². The fraction of sp³-hybridized carbons (Fsp3) is 0.389. The largest absolute Gasteiger partial charge is 0.493 e. The van der Waals surface area contributed by atoms with Crippen molar-refractivity contribution >= 4 is 17.4 Å². The molecule has 4 rings (SSSR count). The van der Waals surface area contributed by atoms with Crippen molar-refractivity contribution in [1.29, 1.82) is 0 Å². The molecule has 0 radical (unpaired) electrons. The molecule has 0 aliphatic carbocycles. The van der Waals surface area contributed by atoms with Crippen LogP contribution >= 0.6 is 11.3 Å². The second kappa shape index (κ2) is 6.24. The van der Waals surface area contributed by atoms with Crippen molar-refractivity contribution in [3.63, 3.8) is 0 Å². The van der Waals surface area contributed by atoms with E-state index in [-0.39, 0.29) is 18.1 Å². The molecule has 2 atom stereocenters. The summed E-state index contributed by atoms with van der Waals surface area (Å²) in [6, 6.07) is 10.4. The number of para-hydroxylation sites is 1. The van der Waals surface area contributed by atoms with E-state index < -0.39 is 0 Å². The number of fused-ring (bicyclic) bond motifs is 1. The number of thiophene rings is 1. The highest BCUT2D eigenvalue weighted by Crippen LogP contribution is 2.35. The topological polar surface area (TPSA) is 41.6 Å². The lowest BCUT2D eigenvalue weighted by molar-refractivity contribution is 0.182. The maximum absolute atomic E-state index is 12.8. The van der Waals surface area contributed by atoms with Gasteiger partial charge in [-0.25, -0.2) is 4.79 Å². The van der Waals surface area contributed by atoms with Gasteiger partial charge in [-0.1, -0.05) is 18.2 Å². The van der Waals surface area contributed by atoms with E-state index in [1.165, 1.54) is 5.56 Å². The summed E-state index contributed by atoms with van der Waals surface area (Å²) in [5, 5.41) is 7.45. The lowest BCUT2D eigenvalue weighted by Gasteiger charge is -2.30. The molecule has 0 unspecified atom stereocenters. The minimum absolute atomic E-state index is 0.0381. The van der Waals surface area contributed by atoms with Crippen LogP contribution in [0.4, 0.5) is 4.79 Å². The van der Waals surface area contributed by atoms with Gasteiger partial charge < -0.3 is 15.0 Å². The Morgan fingerprint density at radius 2 is 2.17 bits per heavy atom. The van der Waals surface area contributed by atoms with E-state index in [2.05, 4.69) is 22.1 Å².